The molecule has 30 heavy (non-hydrogen) atoms. The topological polar surface area (TPSA) is 88.5 Å². The maximum atomic E-state index is 11.7. The van der Waals surface area contributed by atoms with E-state index >= 15 is 0 Å². The molecule has 162 valence electrons. The minimum absolute atomic E-state index is 0.203. The molecule has 1 aromatic rings. The second-order valence-corrected chi connectivity index (χ2v) is 8.97. The van der Waals surface area contributed by atoms with Gasteiger partial charge in [-0.2, -0.15) is 0 Å². The molecular weight excluding hydrogens is 386 g/mol. The van der Waals surface area contributed by atoms with Gasteiger partial charge in [0, 0.05) is 29.9 Å². The fourth-order valence-corrected chi connectivity index (χ4v) is 6.02. The highest BCUT2D eigenvalue weighted by molar-refractivity contribution is 5.72. The number of likely N-dealkylation sites (N-methyl/N-ethyl adjacent to an activating group) is 1. The third-order valence-corrected chi connectivity index (χ3v) is 7.34. The average Bonchev–Trinajstić information content (AvgIpc) is 3.07. The predicted octanol–water partition coefficient (Wildman–Crippen LogP) is 1.19. The number of likely N-dealkylation sites (tertiary alicyclic amines) is 1. The van der Waals surface area contributed by atoms with Crippen LogP contribution in [0.15, 0.2) is 24.3 Å². The van der Waals surface area contributed by atoms with Crippen molar-refractivity contribution in [3.8, 4) is 11.5 Å². The van der Waals surface area contributed by atoms with Crippen LogP contribution >= 0.6 is 0 Å². The van der Waals surface area contributed by atoms with Gasteiger partial charge in [-0.15, -0.1) is 0 Å². The summed E-state index contributed by atoms with van der Waals surface area (Å²) in [6.07, 6.45) is 5.38. The lowest BCUT2D eigenvalue weighted by Crippen LogP contribution is -2.65. The van der Waals surface area contributed by atoms with E-state index in [1.807, 2.05) is 6.07 Å². The van der Waals surface area contributed by atoms with Crippen LogP contribution in [0, 0.1) is 5.92 Å². The van der Waals surface area contributed by atoms with Gasteiger partial charge >= 0.3 is 5.97 Å². The first-order chi connectivity index (χ1) is 14.5. The Hall–Kier alpha value is -1.93. The molecule has 0 aromatic heterocycles. The molecule has 7 heteroatoms. The maximum absolute atomic E-state index is 11.7. The summed E-state index contributed by atoms with van der Waals surface area (Å²) in [4.78, 5) is 14.1. The Morgan fingerprint density at radius 3 is 3.00 bits per heavy atom. The first kappa shape index (κ1) is 20.0. The Morgan fingerprint density at radius 1 is 1.40 bits per heavy atom. The lowest BCUT2D eigenvalue weighted by atomic mass is 9.53. The number of aliphatic hydroxyl groups excluding tert-OH is 2. The van der Waals surface area contributed by atoms with Crippen LogP contribution in [0.4, 0.5) is 0 Å². The first-order valence-corrected chi connectivity index (χ1v) is 10.8. The van der Waals surface area contributed by atoms with Crippen LogP contribution in [0.25, 0.3) is 0 Å². The summed E-state index contributed by atoms with van der Waals surface area (Å²) in [6.45, 7) is 2.44. The molecule has 1 saturated heterocycles. The molecule has 5 rings (SSSR count). The molecule has 4 aliphatic rings. The quantitative estimate of drug-likeness (QED) is 0.410. The fraction of sp³-hybridized carbons (Fsp3) is 0.609. The van der Waals surface area contributed by atoms with Crippen molar-refractivity contribution in [2.24, 2.45) is 5.92 Å². The summed E-state index contributed by atoms with van der Waals surface area (Å²) < 4.78 is 18.2. The zero-order valence-corrected chi connectivity index (χ0v) is 17.4. The van der Waals surface area contributed by atoms with Crippen molar-refractivity contribution >= 4 is 5.97 Å². The lowest BCUT2D eigenvalue weighted by molar-refractivity contribution is -0.132. The van der Waals surface area contributed by atoms with Crippen LogP contribution in [-0.4, -0.2) is 72.2 Å². The van der Waals surface area contributed by atoms with Gasteiger partial charge in [-0.05, 0) is 44.5 Å². The highest BCUT2D eigenvalue weighted by Gasteiger charge is 2.64. The summed E-state index contributed by atoms with van der Waals surface area (Å²) in [6, 6.07) is 4.33. The Balaban J connectivity index is 1.55. The van der Waals surface area contributed by atoms with Crippen molar-refractivity contribution in [1.29, 1.82) is 0 Å². The Kier molecular flexibility index (Phi) is 4.89. The third kappa shape index (κ3) is 2.83. The van der Waals surface area contributed by atoms with E-state index < -0.39 is 6.10 Å². The number of aliphatic hydroxyl groups is 2. The van der Waals surface area contributed by atoms with E-state index in [1.54, 1.807) is 0 Å². The zero-order chi connectivity index (χ0) is 21.0. The monoisotopic (exact) mass is 415 g/mol. The molecule has 2 heterocycles. The van der Waals surface area contributed by atoms with Crippen LogP contribution < -0.4 is 9.47 Å². The largest absolute Gasteiger partial charge is 0.482 e. The third-order valence-electron chi connectivity index (χ3n) is 7.34. The average molecular weight is 415 g/mol. The van der Waals surface area contributed by atoms with E-state index in [4.69, 9.17) is 19.3 Å². The minimum Gasteiger partial charge on any atom is -0.482 e. The molecule has 2 N–H and O–H groups in total. The van der Waals surface area contributed by atoms with Crippen molar-refractivity contribution in [3.63, 3.8) is 0 Å². The van der Waals surface area contributed by atoms with Gasteiger partial charge in [-0.3, -0.25) is 4.79 Å². The van der Waals surface area contributed by atoms with Gasteiger partial charge in [0.25, 0.3) is 0 Å². The normalized spacial score (nSPS) is 34.3. The number of rotatable bonds is 6. The predicted molar refractivity (Wildman–Crippen MR) is 109 cm³/mol. The number of hydrogen-bond acceptors (Lipinski definition) is 7. The van der Waals surface area contributed by atoms with Gasteiger partial charge in [0.2, 0.25) is 0 Å². The number of ether oxygens (including phenoxy) is 3. The van der Waals surface area contributed by atoms with Gasteiger partial charge in [0.1, 0.15) is 12.2 Å². The van der Waals surface area contributed by atoms with Gasteiger partial charge in [-0.1, -0.05) is 18.2 Å². The van der Waals surface area contributed by atoms with Gasteiger partial charge in [0.05, 0.1) is 19.3 Å². The van der Waals surface area contributed by atoms with Crippen LogP contribution in [0.5, 0.6) is 11.5 Å². The van der Waals surface area contributed by atoms with Crippen molar-refractivity contribution in [2.75, 3.05) is 26.8 Å². The minimum atomic E-state index is -0.783. The van der Waals surface area contributed by atoms with Gasteiger partial charge in [-0.25, -0.2) is 0 Å². The Morgan fingerprint density at radius 2 is 2.23 bits per heavy atom. The van der Waals surface area contributed by atoms with E-state index in [0.29, 0.717) is 36.5 Å². The Labute approximate surface area is 176 Å². The number of esters is 1. The molecule has 2 aliphatic carbocycles. The summed E-state index contributed by atoms with van der Waals surface area (Å²) in [5.74, 6) is 1.12. The number of piperidine rings is 1. The first-order valence-electron chi connectivity index (χ1n) is 10.8. The highest BCUT2D eigenvalue weighted by Crippen LogP contribution is 2.62. The summed E-state index contributed by atoms with van der Waals surface area (Å²) in [5.41, 5.74) is 2.25. The zero-order valence-electron chi connectivity index (χ0n) is 17.4. The molecule has 6 atom stereocenters. The number of hydrogen-bond donors (Lipinski definition) is 2. The van der Waals surface area contributed by atoms with E-state index in [2.05, 4.69) is 30.2 Å². The molecule has 2 aliphatic heterocycles. The van der Waals surface area contributed by atoms with E-state index in [-0.39, 0.29) is 30.2 Å². The molecule has 1 unspecified atom stereocenters. The van der Waals surface area contributed by atoms with Crippen LogP contribution in [0.3, 0.4) is 0 Å². The molecule has 7 nitrogen and oxygen atoms in total. The number of benzene rings is 1. The van der Waals surface area contributed by atoms with Crippen molar-refractivity contribution in [1.82, 2.24) is 4.90 Å². The van der Waals surface area contributed by atoms with Gasteiger partial charge in [0.15, 0.2) is 11.5 Å². The number of carbonyl (C=O) groups excluding carboxylic acids is 1. The van der Waals surface area contributed by atoms with Crippen LogP contribution in [0.1, 0.15) is 30.9 Å². The van der Waals surface area contributed by atoms with Crippen molar-refractivity contribution in [3.05, 3.63) is 35.4 Å². The second kappa shape index (κ2) is 7.34. The molecule has 0 amide bonds. The smallest absolute Gasteiger partial charge is 0.308 e. The molecule has 0 radical (unpaired) electrons. The van der Waals surface area contributed by atoms with E-state index in [9.17, 15) is 9.90 Å². The van der Waals surface area contributed by atoms with E-state index in [0.717, 1.165) is 19.4 Å². The molecule has 0 saturated carbocycles. The molecular formula is C23H29NO6. The Bertz CT molecular complexity index is 885. The second-order valence-electron chi connectivity index (χ2n) is 8.97. The van der Waals surface area contributed by atoms with Crippen LogP contribution in [-0.2, 0) is 21.4 Å². The maximum Gasteiger partial charge on any atom is 0.308 e. The fourth-order valence-electron chi connectivity index (χ4n) is 6.02. The van der Waals surface area contributed by atoms with E-state index in [1.165, 1.54) is 18.1 Å². The van der Waals surface area contributed by atoms with Gasteiger partial charge < -0.3 is 29.3 Å². The summed E-state index contributed by atoms with van der Waals surface area (Å²) in [5, 5.41) is 18.7. The van der Waals surface area contributed by atoms with Crippen molar-refractivity contribution in [2.45, 2.75) is 56.0 Å². The molecule has 2 bridgehead atoms. The SMILES string of the molecule is CC(=O)Oc1ccc2c3c1O[C@H]1[C@@H](OCCC(O)CO)C=C[C@H]4[C@@H](C2)N(C)CC[C@@]341. The standard InChI is InChI=1S/C23H29NO6/c1-13(26)29-18-5-3-14-11-17-16-4-6-19(28-10-7-15(27)12-25)22-23(16,8-9-24(17)2)20(14)21(18)30-22/h3-6,15-17,19,22,25,27H,7-12H2,1-2H3/t15?,16-,17+,19-,22-,23-/m0/s1. The molecule has 1 spiro atoms. The summed E-state index contributed by atoms with van der Waals surface area (Å²) >= 11 is 0. The van der Waals surface area contributed by atoms with Crippen molar-refractivity contribution < 1.29 is 29.2 Å². The highest BCUT2D eigenvalue weighted by atomic mass is 16.6. The number of carbonyl (C=O) groups is 1. The number of nitrogens with zero attached hydrogens (tertiary/aromatic N) is 1. The van der Waals surface area contributed by atoms with Crippen LogP contribution in [0.2, 0.25) is 0 Å². The summed E-state index contributed by atoms with van der Waals surface area (Å²) in [7, 11) is 2.19. The lowest BCUT2D eigenvalue weighted by Gasteiger charge is -2.56. The molecule has 1 aromatic carbocycles. The molecule has 1 fully saturated rings.